The molecule has 1 saturated heterocycles. The van der Waals surface area contributed by atoms with Gasteiger partial charge in [0.25, 0.3) is 0 Å². The summed E-state index contributed by atoms with van der Waals surface area (Å²) < 4.78 is 22.0. The van der Waals surface area contributed by atoms with Crippen molar-refractivity contribution >= 4 is 5.96 Å². The molecule has 0 amide bonds. The Morgan fingerprint density at radius 3 is 2.19 bits per heavy atom. The molecule has 31 heavy (non-hydrogen) atoms. The van der Waals surface area contributed by atoms with Crippen molar-refractivity contribution in [1.82, 2.24) is 15.1 Å². The van der Waals surface area contributed by atoms with Crippen LogP contribution in [0.15, 0.2) is 17.1 Å². The quantitative estimate of drug-likeness (QED) is 0.325. The fourth-order valence-electron chi connectivity index (χ4n) is 3.63. The monoisotopic (exact) mass is 436 g/mol. The summed E-state index contributed by atoms with van der Waals surface area (Å²) in [5.74, 6) is 3.56. The third-order valence-corrected chi connectivity index (χ3v) is 5.21. The minimum Gasteiger partial charge on any atom is -0.493 e. The number of nitrogens with one attached hydrogen (secondary N) is 1. The Morgan fingerprint density at radius 1 is 1.03 bits per heavy atom. The van der Waals surface area contributed by atoms with Crippen LogP contribution in [-0.4, -0.2) is 90.1 Å². The number of benzene rings is 1. The second-order valence-electron chi connectivity index (χ2n) is 8.09. The van der Waals surface area contributed by atoms with Gasteiger partial charge in [-0.3, -0.25) is 9.89 Å². The van der Waals surface area contributed by atoms with E-state index in [-0.39, 0.29) is 0 Å². The van der Waals surface area contributed by atoms with Gasteiger partial charge in [0.05, 0.1) is 21.3 Å². The van der Waals surface area contributed by atoms with Crippen LogP contribution in [0.4, 0.5) is 0 Å². The van der Waals surface area contributed by atoms with E-state index in [4.69, 9.17) is 18.9 Å². The van der Waals surface area contributed by atoms with E-state index in [1.807, 2.05) is 19.2 Å². The SMILES string of the molecule is CN=C(NCCCOCC(C)C)N1CCN(Cc2cc(OC)c(OC)c(OC)c2)CC1. The van der Waals surface area contributed by atoms with Crippen molar-refractivity contribution in [3.63, 3.8) is 0 Å². The van der Waals surface area contributed by atoms with E-state index in [1.54, 1.807) is 21.3 Å². The second-order valence-corrected chi connectivity index (χ2v) is 8.09. The Bertz CT molecular complexity index is 663. The first-order chi connectivity index (χ1) is 15.0. The standard InChI is InChI=1S/C23H40N4O4/c1-18(2)17-31-13-7-8-25-23(24-3)27-11-9-26(10-12-27)16-19-14-20(28-4)22(30-6)21(15-19)29-5/h14-15,18H,7-13,16-17H2,1-6H3,(H,24,25). The molecule has 0 aromatic heterocycles. The second kappa shape index (κ2) is 13.3. The minimum absolute atomic E-state index is 0.581. The van der Waals surface area contributed by atoms with Crippen LogP contribution in [0.2, 0.25) is 0 Å². The van der Waals surface area contributed by atoms with Crippen molar-refractivity contribution in [1.29, 1.82) is 0 Å². The first-order valence-corrected chi connectivity index (χ1v) is 11.1. The molecular formula is C23H40N4O4. The fraction of sp³-hybridized carbons (Fsp3) is 0.696. The van der Waals surface area contributed by atoms with E-state index in [0.717, 1.165) is 70.4 Å². The number of methoxy groups -OCH3 is 3. The topological polar surface area (TPSA) is 67.8 Å². The molecule has 1 N–H and O–H groups in total. The molecule has 1 fully saturated rings. The van der Waals surface area contributed by atoms with E-state index in [0.29, 0.717) is 23.2 Å². The molecule has 0 aliphatic carbocycles. The normalized spacial score (nSPS) is 15.3. The molecule has 1 aliphatic rings. The minimum atomic E-state index is 0.581. The first-order valence-electron chi connectivity index (χ1n) is 11.1. The highest BCUT2D eigenvalue weighted by Gasteiger charge is 2.21. The maximum absolute atomic E-state index is 5.65. The van der Waals surface area contributed by atoms with Crippen LogP contribution in [0.25, 0.3) is 0 Å². The molecule has 1 aromatic carbocycles. The third-order valence-electron chi connectivity index (χ3n) is 5.21. The van der Waals surface area contributed by atoms with Gasteiger partial charge in [-0.2, -0.15) is 0 Å². The summed E-state index contributed by atoms with van der Waals surface area (Å²) in [6.07, 6.45) is 0.979. The Hall–Kier alpha value is -2.19. The number of guanidine groups is 1. The Morgan fingerprint density at radius 2 is 1.68 bits per heavy atom. The summed E-state index contributed by atoms with van der Waals surface area (Å²) in [5.41, 5.74) is 1.15. The van der Waals surface area contributed by atoms with E-state index in [9.17, 15) is 0 Å². The van der Waals surface area contributed by atoms with Gasteiger partial charge >= 0.3 is 0 Å². The van der Waals surface area contributed by atoms with Crippen molar-refractivity contribution in [3.05, 3.63) is 17.7 Å². The fourth-order valence-corrected chi connectivity index (χ4v) is 3.63. The number of piperazine rings is 1. The molecule has 0 spiro atoms. The molecule has 0 unspecified atom stereocenters. The molecule has 2 rings (SSSR count). The van der Waals surface area contributed by atoms with Crippen LogP contribution >= 0.6 is 0 Å². The predicted octanol–water partition coefficient (Wildman–Crippen LogP) is 2.47. The van der Waals surface area contributed by atoms with Crippen LogP contribution in [0.1, 0.15) is 25.8 Å². The molecule has 1 heterocycles. The van der Waals surface area contributed by atoms with Crippen LogP contribution in [0, 0.1) is 5.92 Å². The van der Waals surface area contributed by atoms with Gasteiger partial charge in [0.15, 0.2) is 17.5 Å². The van der Waals surface area contributed by atoms with Crippen molar-refractivity contribution in [2.45, 2.75) is 26.8 Å². The highest BCUT2D eigenvalue weighted by molar-refractivity contribution is 5.79. The zero-order chi connectivity index (χ0) is 22.6. The summed E-state index contributed by atoms with van der Waals surface area (Å²) in [7, 11) is 6.77. The summed E-state index contributed by atoms with van der Waals surface area (Å²) >= 11 is 0. The van der Waals surface area contributed by atoms with Crippen LogP contribution in [0.3, 0.4) is 0 Å². The average Bonchev–Trinajstić information content (AvgIpc) is 2.78. The number of ether oxygens (including phenoxy) is 4. The lowest BCUT2D eigenvalue weighted by Crippen LogP contribution is -2.52. The van der Waals surface area contributed by atoms with Crippen LogP contribution in [0.5, 0.6) is 17.2 Å². The molecule has 0 bridgehead atoms. The zero-order valence-electron chi connectivity index (χ0n) is 20.1. The highest BCUT2D eigenvalue weighted by Crippen LogP contribution is 2.38. The molecule has 8 nitrogen and oxygen atoms in total. The van der Waals surface area contributed by atoms with E-state index in [2.05, 4.69) is 34.0 Å². The lowest BCUT2D eigenvalue weighted by Gasteiger charge is -2.36. The highest BCUT2D eigenvalue weighted by atomic mass is 16.5. The van der Waals surface area contributed by atoms with E-state index < -0.39 is 0 Å². The van der Waals surface area contributed by atoms with Gasteiger partial charge in [0.2, 0.25) is 5.75 Å². The van der Waals surface area contributed by atoms with Gasteiger partial charge in [-0.05, 0) is 30.0 Å². The van der Waals surface area contributed by atoms with Gasteiger partial charge in [-0.1, -0.05) is 13.8 Å². The van der Waals surface area contributed by atoms with Gasteiger partial charge in [0.1, 0.15) is 0 Å². The molecule has 176 valence electrons. The summed E-state index contributed by atoms with van der Waals surface area (Å²) in [6.45, 7) is 11.5. The molecule has 1 aliphatic heterocycles. The largest absolute Gasteiger partial charge is 0.493 e. The summed E-state index contributed by atoms with van der Waals surface area (Å²) in [5, 5.41) is 3.47. The van der Waals surface area contributed by atoms with Gasteiger partial charge in [-0.15, -0.1) is 0 Å². The van der Waals surface area contributed by atoms with Gasteiger partial charge < -0.3 is 29.2 Å². The lowest BCUT2D eigenvalue weighted by atomic mass is 10.1. The number of hydrogen-bond donors (Lipinski definition) is 1. The summed E-state index contributed by atoms with van der Waals surface area (Å²) in [4.78, 5) is 9.21. The van der Waals surface area contributed by atoms with E-state index in [1.165, 1.54) is 0 Å². The molecule has 0 radical (unpaired) electrons. The van der Waals surface area contributed by atoms with Gasteiger partial charge in [-0.25, -0.2) is 0 Å². The molecule has 1 aromatic rings. The summed E-state index contributed by atoms with van der Waals surface area (Å²) in [6, 6.07) is 4.05. The van der Waals surface area contributed by atoms with E-state index >= 15 is 0 Å². The maximum Gasteiger partial charge on any atom is 0.203 e. The zero-order valence-corrected chi connectivity index (χ0v) is 20.1. The Balaban J connectivity index is 1.81. The number of hydrogen-bond acceptors (Lipinski definition) is 6. The third kappa shape index (κ3) is 7.78. The molecule has 0 atom stereocenters. The van der Waals surface area contributed by atoms with Crippen molar-refractivity contribution in [3.8, 4) is 17.2 Å². The average molecular weight is 437 g/mol. The number of aliphatic imine (C=N–C) groups is 1. The molecular weight excluding hydrogens is 396 g/mol. The van der Waals surface area contributed by atoms with Crippen molar-refractivity contribution < 1.29 is 18.9 Å². The first kappa shape index (κ1) is 25.1. The lowest BCUT2D eigenvalue weighted by molar-refractivity contribution is 0.108. The predicted molar refractivity (Wildman–Crippen MR) is 125 cm³/mol. The van der Waals surface area contributed by atoms with Crippen LogP contribution in [-0.2, 0) is 11.3 Å². The van der Waals surface area contributed by atoms with Crippen molar-refractivity contribution in [2.75, 3.05) is 74.3 Å². The number of nitrogens with zero attached hydrogens (tertiary/aromatic N) is 3. The number of rotatable bonds is 11. The Labute approximate surface area is 187 Å². The smallest absolute Gasteiger partial charge is 0.203 e. The Kier molecular flexibility index (Phi) is 10.7. The van der Waals surface area contributed by atoms with Crippen molar-refractivity contribution in [2.24, 2.45) is 10.9 Å². The maximum atomic E-state index is 5.65. The van der Waals surface area contributed by atoms with Crippen LogP contribution < -0.4 is 19.5 Å². The van der Waals surface area contributed by atoms with Gasteiger partial charge in [0, 0.05) is 59.5 Å². The molecule has 8 heteroatoms. The molecule has 0 saturated carbocycles.